The van der Waals surface area contributed by atoms with E-state index in [-0.39, 0.29) is 12.4 Å². The number of rotatable bonds is 4. The van der Waals surface area contributed by atoms with Crippen LogP contribution in [0.2, 0.25) is 0 Å². The Hall–Kier alpha value is -2.17. The van der Waals surface area contributed by atoms with Crippen LogP contribution < -0.4 is 4.90 Å². The highest BCUT2D eigenvalue weighted by Gasteiger charge is 2.36. The average Bonchev–Trinajstić information content (AvgIpc) is 2.68. The van der Waals surface area contributed by atoms with E-state index in [0.29, 0.717) is 24.2 Å². The first-order valence-corrected chi connectivity index (χ1v) is 6.50. The van der Waals surface area contributed by atoms with Gasteiger partial charge in [0.05, 0.1) is 18.4 Å². The number of hydrogen-bond acceptors (Lipinski definition) is 4. The lowest BCUT2D eigenvalue weighted by Gasteiger charge is -2.19. The molecule has 0 spiro atoms. The van der Waals surface area contributed by atoms with E-state index in [9.17, 15) is 14.4 Å². The molecular weight excluding hydrogens is 258 g/mol. The summed E-state index contributed by atoms with van der Waals surface area (Å²) < 4.78 is 4.57. The van der Waals surface area contributed by atoms with Crippen LogP contribution in [0.25, 0.3) is 0 Å². The van der Waals surface area contributed by atoms with Crippen LogP contribution >= 0.6 is 0 Å². The van der Waals surface area contributed by atoms with Crippen LogP contribution in [-0.2, 0) is 14.3 Å². The molecular formula is C15H17NO4. The molecule has 0 aromatic heterocycles. The third-order valence-corrected chi connectivity index (χ3v) is 3.65. The lowest BCUT2D eigenvalue weighted by molar-refractivity contribution is -0.140. The summed E-state index contributed by atoms with van der Waals surface area (Å²) in [6.07, 6.45) is 0.702. The second-order valence-corrected chi connectivity index (χ2v) is 4.87. The molecule has 1 aromatic carbocycles. The van der Waals surface area contributed by atoms with Crippen LogP contribution in [0.1, 0.15) is 34.3 Å². The number of Topliss-reactive ketones (excluding diaryl/α,β-unsaturated/α-hetero) is 1. The van der Waals surface area contributed by atoms with Crippen molar-refractivity contribution in [2.75, 3.05) is 18.6 Å². The van der Waals surface area contributed by atoms with Crippen LogP contribution in [0.15, 0.2) is 12.1 Å². The van der Waals surface area contributed by atoms with Crippen molar-refractivity contribution in [2.24, 2.45) is 0 Å². The Kier molecular flexibility index (Phi) is 3.88. The number of aryl methyl sites for hydroxylation is 1. The van der Waals surface area contributed by atoms with Gasteiger partial charge in [0.25, 0.3) is 11.7 Å². The van der Waals surface area contributed by atoms with Gasteiger partial charge in [-0.15, -0.1) is 0 Å². The second-order valence-electron chi connectivity index (χ2n) is 4.87. The Morgan fingerprint density at radius 2 is 1.95 bits per heavy atom. The number of benzene rings is 1. The fraction of sp³-hybridized carbons (Fsp3) is 0.400. The first-order chi connectivity index (χ1) is 9.47. The van der Waals surface area contributed by atoms with Crippen LogP contribution in [0.4, 0.5) is 5.69 Å². The molecule has 0 fully saturated rings. The molecule has 0 bridgehead atoms. The minimum Gasteiger partial charge on any atom is -0.469 e. The Labute approximate surface area is 117 Å². The summed E-state index contributed by atoms with van der Waals surface area (Å²) in [6.45, 7) is 4.18. The number of hydrogen-bond donors (Lipinski definition) is 0. The van der Waals surface area contributed by atoms with Gasteiger partial charge in [-0.3, -0.25) is 14.4 Å². The third kappa shape index (κ3) is 2.31. The molecule has 0 saturated heterocycles. The summed E-state index contributed by atoms with van der Waals surface area (Å²) in [5.74, 6) is -1.30. The highest BCUT2D eigenvalue weighted by molar-refractivity contribution is 6.52. The zero-order valence-electron chi connectivity index (χ0n) is 11.9. The molecule has 0 aliphatic carbocycles. The first-order valence-electron chi connectivity index (χ1n) is 6.50. The average molecular weight is 275 g/mol. The quantitative estimate of drug-likeness (QED) is 0.620. The van der Waals surface area contributed by atoms with E-state index in [2.05, 4.69) is 4.74 Å². The summed E-state index contributed by atoms with van der Waals surface area (Å²) >= 11 is 0. The van der Waals surface area contributed by atoms with Gasteiger partial charge in [0.15, 0.2) is 0 Å². The zero-order valence-corrected chi connectivity index (χ0v) is 11.9. The number of fused-ring (bicyclic) bond motifs is 1. The third-order valence-electron chi connectivity index (χ3n) is 3.65. The summed E-state index contributed by atoms with van der Waals surface area (Å²) in [5, 5.41) is 0. The molecule has 106 valence electrons. The maximum Gasteiger partial charge on any atom is 0.305 e. The maximum absolute atomic E-state index is 12.0. The van der Waals surface area contributed by atoms with Crippen molar-refractivity contribution in [3.05, 3.63) is 28.8 Å². The fourth-order valence-corrected chi connectivity index (χ4v) is 2.37. The van der Waals surface area contributed by atoms with Gasteiger partial charge in [-0.05, 0) is 37.5 Å². The Morgan fingerprint density at radius 3 is 2.60 bits per heavy atom. The standard InChI is InChI=1S/C15H17NO4/c1-9-6-7-11-13(10(9)2)16(15(19)14(11)18)8-4-5-12(17)20-3/h6-7H,4-5,8H2,1-3H3. The van der Waals surface area contributed by atoms with Gasteiger partial charge in [0, 0.05) is 13.0 Å². The predicted molar refractivity (Wildman–Crippen MR) is 73.8 cm³/mol. The first kappa shape index (κ1) is 14.2. The molecule has 1 aromatic rings. The normalized spacial score (nSPS) is 13.7. The summed E-state index contributed by atoms with van der Waals surface area (Å²) in [6, 6.07) is 3.54. The topological polar surface area (TPSA) is 63.7 Å². The van der Waals surface area contributed by atoms with Gasteiger partial charge >= 0.3 is 5.97 Å². The molecule has 1 aliphatic heterocycles. The second kappa shape index (κ2) is 5.45. The van der Waals surface area contributed by atoms with E-state index in [1.165, 1.54) is 12.0 Å². The molecule has 0 N–H and O–H groups in total. The van der Waals surface area contributed by atoms with E-state index in [0.717, 1.165) is 11.1 Å². The van der Waals surface area contributed by atoms with Crippen molar-refractivity contribution < 1.29 is 19.1 Å². The van der Waals surface area contributed by atoms with Crippen LogP contribution in [-0.4, -0.2) is 31.3 Å². The maximum atomic E-state index is 12.0. The molecule has 1 aliphatic rings. The summed E-state index contributed by atoms with van der Waals surface area (Å²) in [7, 11) is 1.33. The number of anilines is 1. The van der Waals surface area contributed by atoms with Gasteiger partial charge in [0.2, 0.25) is 0 Å². The zero-order chi connectivity index (χ0) is 14.9. The number of amides is 1. The lowest BCUT2D eigenvalue weighted by atomic mass is 10.0. The minimum absolute atomic E-state index is 0.231. The Bertz CT molecular complexity index is 592. The van der Waals surface area contributed by atoms with Gasteiger partial charge in [-0.1, -0.05) is 6.07 Å². The monoisotopic (exact) mass is 275 g/mol. The molecule has 1 amide bonds. The van der Waals surface area contributed by atoms with Crippen LogP contribution in [0.3, 0.4) is 0 Å². The largest absolute Gasteiger partial charge is 0.469 e. The summed E-state index contributed by atoms with van der Waals surface area (Å²) in [4.78, 5) is 36.6. The van der Waals surface area contributed by atoms with Crippen molar-refractivity contribution in [3.8, 4) is 0 Å². The van der Waals surface area contributed by atoms with Crippen LogP contribution in [0, 0.1) is 13.8 Å². The fourth-order valence-electron chi connectivity index (χ4n) is 2.37. The minimum atomic E-state index is -0.515. The number of carbonyl (C=O) groups excluding carboxylic acids is 3. The van der Waals surface area contributed by atoms with Gasteiger partial charge in [-0.25, -0.2) is 0 Å². The predicted octanol–water partition coefficient (Wildman–Crippen LogP) is 1.79. The molecule has 5 heteroatoms. The number of ether oxygens (including phenoxy) is 1. The van der Waals surface area contributed by atoms with Gasteiger partial charge < -0.3 is 9.64 Å². The van der Waals surface area contributed by atoms with Crippen molar-refractivity contribution in [3.63, 3.8) is 0 Å². The highest BCUT2D eigenvalue weighted by atomic mass is 16.5. The number of esters is 1. The molecule has 1 heterocycles. The smallest absolute Gasteiger partial charge is 0.305 e. The summed E-state index contributed by atoms with van der Waals surface area (Å²) in [5.41, 5.74) is 3.10. The van der Waals surface area contributed by atoms with Crippen molar-refractivity contribution >= 4 is 23.3 Å². The molecule has 0 saturated carbocycles. The van der Waals surface area contributed by atoms with E-state index < -0.39 is 11.7 Å². The van der Waals surface area contributed by atoms with E-state index in [4.69, 9.17) is 0 Å². The van der Waals surface area contributed by atoms with Gasteiger partial charge in [0.1, 0.15) is 0 Å². The van der Waals surface area contributed by atoms with Crippen LogP contribution in [0.5, 0.6) is 0 Å². The SMILES string of the molecule is COC(=O)CCCN1C(=O)C(=O)c2ccc(C)c(C)c21. The van der Waals surface area contributed by atoms with E-state index >= 15 is 0 Å². The highest BCUT2D eigenvalue weighted by Crippen LogP contribution is 2.34. The number of nitrogens with zero attached hydrogens (tertiary/aromatic N) is 1. The van der Waals surface area contributed by atoms with Crippen molar-refractivity contribution in [1.82, 2.24) is 0 Å². The molecule has 2 rings (SSSR count). The van der Waals surface area contributed by atoms with Crippen molar-refractivity contribution in [1.29, 1.82) is 0 Å². The van der Waals surface area contributed by atoms with E-state index in [1.807, 2.05) is 19.9 Å². The number of carbonyl (C=O) groups is 3. The molecule has 0 unspecified atom stereocenters. The Balaban J connectivity index is 2.24. The lowest BCUT2D eigenvalue weighted by Crippen LogP contribution is -2.31. The molecule has 5 nitrogen and oxygen atoms in total. The molecule has 20 heavy (non-hydrogen) atoms. The number of ketones is 1. The molecule has 0 atom stereocenters. The van der Waals surface area contributed by atoms with Gasteiger partial charge in [-0.2, -0.15) is 0 Å². The van der Waals surface area contributed by atoms with Crippen molar-refractivity contribution in [2.45, 2.75) is 26.7 Å². The Morgan fingerprint density at radius 1 is 1.25 bits per heavy atom. The number of methoxy groups -OCH3 is 1. The molecule has 0 radical (unpaired) electrons. The van der Waals surface area contributed by atoms with E-state index in [1.54, 1.807) is 6.07 Å².